The van der Waals surface area contributed by atoms with Crippen LogP contribution in [0.5, 0.6) is 11.5 Å². The fourth-order valence-electron chi connectivity index (χ4n) is 2.37. The van der Waals surface area contributed by atoms with E-state index in [-0.39, 0.29) is 11.5 Å². The molecule has 140 valence electrons. The predicted molar refractivity (Wildman–Crippen MR) is 80.0 cm³/mol. The summed E-state index contributed by atoms with van der Waals surface area (Å²) in [4.78, 5) is 11.1. The zero-order valence-corrected chi connectivity index (χ0v) is 13.2. The lowest BCUT2D eigenvalue weighted by Gasteiger charge is -2.38. The second-order valence-electron chi connectivity index (χ2n) is 5.46. The Hall–Kier alpha value is -1.95. The van der Waals surface area contributed by atoms with Crippen LogP contribution in [0.15, 0.2) is 18.2 Å². The quantitative estimate of drug-likeness (QED) is 0.334. The van der Waals surface area contributed by atoms with Gasteiger partial charge in [0.1, 0.15) is 24.4 Å². The molecule has 10 heteroatoms. The van der Waals surface area contributed by atoms with Gasteiger partial charge in [0, 0.05) is 0 Å². The number of aliphatic carboxylic acids is 1. The lowest BCUT2D eigenvalue weighted by molar-refractivity contribution is -0.271. The highest BCUT2D eigenvalue weighted by atomic mass is 16.7. The van der Waals surface area contributed by atoms with Crippen LogP contribution in [0.1, 0.15) is 11.7 Å². The molecule has 1 aromatic rings. The molecule has 1 fully saturated rings. The highest BCUT2D eigenvalue weighted by Gasteiger charge is 2.48. The number of carboxylic acid groups (broad SMARTS) is 1. The number of hydrogen-bond donors (Lipinski definition) is 6. The summed E-state index contributed by atoms with van der Waals surface area (Å²) in [7, 11) is 1.31. The van der Waals surface area contributed by atoms with Gasteiger partial charge in [0.05, 0.1) is 13.7 Å². The van der Waals surface area contributed by atoms with E-state index >= 15 is 0 Å². The Balaban J connectivity index is 2.24. The summed E-state index contributed by atoms with van der Waals surface area (Å²) in [6.07, 6.45) is -9.82. The predicted octanol–water partition coefficient (Wildman–Crippen LogP) is -2.01. The van der Waals surface area contributed by atoms with Gasteiger partial charge in [-0.05, 0) is 17.7 Å². The Bertz CT molecular complexity index is 606. The fraction of sp³-hybridized carbons (Fsp3) is 0.533. The van der Waals surface area contributed by atoms with E-state index < -0.39 is 49.4 Å². The standard InChI is InChI=1S/C15H20O10/c1-23-9-4-6(7(17)5-16)2-3-8(9)24-15-12(20)10(18)11(19)13(25-15)14(21)22/h2-4,7,10-13,15-20H,5H2,1H3,(H,21,22)/t7?,10-,11-,12+,13-,15+/m0/s1. The molecule has 0 aromatic heterocycles. The summed E-state index contributed by atoms with van der Waals surface area (Å²) in [6, 6.07) is 4.16. The first-order valence-corrected chi connectivity index (χ1v) is 7.36. The molecule has 6 atom stereocenters. The maximum atomic E-state index is 11.1. The Morgan fingerprint density at radius 3 is 2.44 bits per heavy atom. The van der Waals surface area contributed by atoms with Gasteiger partial charge in [0.25, 0.3) is 0 Å². The largest absolute Gasteiger partial charge is 0.493 e. The molecule has 25 heavy (non-hydrogen) atoms. The second-order valence-corrected chi connectivity index (χ2v) is 5.46. The number of methoxy groups -OCH3 is 1. The molecule has 0 radical (unpaired) electrons. The number of aliphatic hydroxyl groups is 5. The lowest BCUT2D eigenvalue weighted by atomic mass is 9.99. The van der Waals surface area contributed by atoms with Crippen LogP contribution in [0.4, 0.5) is 0 Å². The van der Waals surface area contributed by atoms with E-state index in [1.54, 1.807) is 0 Å². The van der Waals surface area contributed by atoms with Gasteiger partial charge < -0.3 is 44.8 Å². The minimum atomic E-state index is -1.82. The van der Waals surface area contributed by atoms with Crippen molar-refractivity contribution in [3.05, 3.63) is 23.8 Å². The third kappa shape index (κ3) is 4.00. The molecule has 2 rings (SSSR count). The number of aliphatic hydroxyl groups excluding tert-OH is 5. The van der Waals surface area contributed by atoms with E-state index in [4.69, 9.17) is 24.4 Å². The van der Waals surface area contributed by atoms with Gasteiger partial charge in [-0.25, -0.2) is 4.79 Å². The highest BCUT2D eigenvalue weighted by Crippen LogP contribution is 2.33. The van der Waals surface area contributed by atoms with Crippen LogP contribution < -0.4 is 9.47 Å². The summed E-state index contributed by atoms with van der Waals surface area (Å²) in [5, 5.41) is 57.0. The number of benzene rings is 1. The molecule has 10 nitrogen and oxygen atoms in total. The Kier molecular flexibility index (Phi) is 6.16. The Morgan fingerprint density at radius 2 is 1.88 bits per heavy atom. The van der Waals surface area contributed by atoms with Crippen LogP contribution in [-0.2, 0) is 9.53 Å². The van der Waals surface area contributed by atoms with Gasteiger partial charge in [-0.1, -0.05) is 6.07 Å². The topological polar surface area (TPSA) is 166 Å². The fourth-order valence-corrected chi connectivity index (χ4v) is 2.37. The summed E-state index contributed by atoms with van der Waals surface area (Å²) < 4.78 is 15.5. The summed E-state index contributed by atoms with van der Waals surface area (Å²) in [5.74, 6) is -1.37. The van der Waals surface area contributed by atoms with Crippen molar-refractivity contribution in [1.29, 1.82) is 0 Å². The van der Waals surface area contributed by atoms with Crippen molar-refractivity contribution in [3.63, 3.8) is 0 Å². The third-order valence-electron chi connectivity index (χ3n) is 3.80. The van der Waals surface area contributed by atoms with Gasteiger partial charge in [-0.3, -0.25) is 0 Å². The Labute approximate surface area is 142 Å². The molecule has 0 spiro atoms. The molecular weight excluding hydrogens is 340 g/mol. The molecule has 1 saturated heterocycles. The van der Waals surface area contributed by atoms with E-state index in [9.17, 15) is 25.2 Å². The molecule has 1 aliphatic rings. The van der Waals surface area contributed by atoms with Crippen LogP contribution in [0.3, 0.4) is 0 Å². The van der Waals surface area contributed by atoms with Crippen LogP contribution in [0.2, 0.25) is 0 Å². The monoisotopic (exact) mass is 360 g/mol. The van der Waals surface area contributed by atoms with Crippen LogP contribution in [0.25, 0.3) is 0 Å². The molecule has 0 saturated carbocycles. The molecule has 0 aliphatic carbocycles. The lowest BCUT2D eigenvalue weighted by Crippen LogP contribution is -2.61. The maximum Gasteiger partial charge on any atom is 0.335 e. The third-order valence-corrected chi connectivity index (χ3v) is 3.80. The average Bonchev–Trinajstić information content (AvgIpc) is 2.61. The minimum absolute atomic E-state index is 0.0353. The normalized spacial score (nSPS) is 30.6. The van der Waals surface area contributed by atoms with Crippen LogP contribution in [-0.4, -0.2) is 81.0 Å². The number of carboxylic acids is 1. The Morgan fingerprint density at radius 1 is 1.20 bits per heavy atom. The molecule has 1 aliphatic heterocycles. The first-order chi connectivity index (χ1) is 11.8. The highest BCUT2D eigenvalue weighted by molar-refractivity contribution is 5.73. The average molecular weight is 360 g/mol. The molecule has 1 heterocycles. The van der Waals surface area contributed by atoms with Crippen molar-refractivity contribution in [1.82, 2.24) is 0 Å². The van der Waals surface area contributed by atoms with Crippen LogP contribution in [0, 0.1) is 0 Å². The first kappa shape index (κ1) is 19.4. The van der Waals surface area contributed by atoms with E-state index in [1.165, 1.54) is 25.3 Å². The molecule has 1 aromatic carbocycles. The second kappa shape index (κ2) is 7.95. The zero-order valence-electron chi connectivity index (χ0n) is 13.2. The summed E-state index contributed by atoms with van der Waals surface area (Å²) in [6.45, 7) is -0.502. The number of ether oxygens (including phenoxy) is 3. The van der Waals surface area contributed by atoms with Crippen molar-refractivity contribution < 1.29 is 49.6 Å². The van der Waals surface area contributed by atoms with Gasteiger partial charge in [0.2, 0.25) is 6.29 Å². The summed E-state index contributed by atoms with van der Waals surface area (Å²) >= 11 is 0. The van der Waals surface area contributed by atoms with Crippen molar-refractivity contribution in [3.8, 4) is 11.5 Å². The molecule has 0 amide bonds. The van der Waals surface area contributed by atoms with E-state index in [0.29, 0.717) is 5.56 Å². The number of rotatable bonds is 6. The minimum Gasteiger partial charge on any atom is -0.493 e. The van der Waals surface area contributed by atoms with E-state index in [2.05, 4.69) is 0 Å². The first-order valence-electron chi connectivity index (χ1n) is 7.36. The van der Waals surface area contributed by atoms with Crippen molar-refractivity contribution in [2.45, 2.75) is 36.8 Å². The molecule has 1 unspecified atom stereocenters. The zero-order chi connectivity index (χ0) is 18.7. The number of carbonyl (C=O) groups is 1. The van der Waals surface area contributed by atoms with Crippen molar-refractivity contribution in [2.24, 2.45) is 0 Å². The van der Waals surface area contributed by atoms with Gasteiger partial charge >= 0.3 is 5.97 Å². The van der Waals surface area contributed by atoms with Gasteiger partial charge in [0.15, 0.2) is 17.6 Å². The summed E-state index contributed by atoms with van der Waals surface area (Å²) in [5.41, 5.74) is 0.343. The van der Waals surface area contributed by atoms with Crippen molar-refractivity contribution in [2.75, 3.05) is 13.7 Å². The van der Waals surface area contributed by atoms with Gasteiger partial charge in [-0.15, -0.1) is 0 Å². The van der Waals surface area contributed by atoms with Crippen molar-refractivity contribution >= 4 is 5.97 Å². The van der Waals surface area contributed by atoms with E-state index in [0.717, 1.165) is 0 Å². The smallest absolute Gasteiger partial charge is 0.335 e. The van der Waals surface area contributed by atoms with E-state index in [1.807, 2.05) is 0 Å². The SMILES string of the molecule is COc1cc(C(O)CO)ccc1O[C@@H]1O[C@H](C(=O)O)[C@@H](O)[C@H](O)[C@H]1O. The van der Waals surface area contributed by atoms with Crippen LogP contribution >= 0.6 is 0 Å². The number of hydrogen-bond acceptors (Lipinski definition) is 9. The van der Waals surface area contributed by atoms with Gasteiger partial charge in [-0.2, -0.15) is 0 Å². The molecule has 0 bridgehead atoms. The molecule has 6 N–H and O–H groups in total. The molecular formula is C15H20O10. The maximum absolute atomic E-state index is 11.1.